The standard InChI is InChI=1S/C20H21F2N/c1-3-4-7-18(20(21)22)17-8-5-6-9-19(17)23-14-16-12-10-15(2)11-13-16/h5-6,8-14H,3-4,7H2,1-2H3. The lowest BCUT2D eigenvalue weighted by Gasteiger charge is -2.09. The summed E-state index contributed by atoms with van der Waals surface area (Å²) in [5, 5.41) is 0. The van der Waals surface area contributed by atoms with Crippen LogP contribution in [0, 0.1) is 6.92 Å². The molecule has 120 valence electrons. The lowest BCUT2D eigenvalue weighted by atomic mass is 10.00. The molecule has 0 aromatic heterocycles. The van der Waals surface area contributed by atoms with Gasteiger partial charge >= 0.3 is 0 Å². The van der Waals surface area contributed by atoms with Crippen molar-refractivity contribution in [3.05, 3.63) is 71.3 Å². The van der Waals surface area contributed by atoms with Gasteiger partial charge in [0.2, 0.25) is 0 Å². The third-order valence-corrected chi connectivity index (χ3v) is 3.67. The summed E-state index contributed by atoms with van der Waals surface area (Å²) in [6.45, 7) is 4.01. The first-order valence-corrected chi connectivity index (χ1v) is 7.86. The second-order valence-electron chi connectivity index (χ2n) is 5.53. The third kappa shape index (κ3) is 4.85. The van der Waals surface area contributed by atoms with E-state index >= 15 is 0 Å². The average molecular weight is 313 g/mol. The molecule has 0 radical (unpaired) electrons. The number of allylic oxidation sites excluding steroid dienone is 1. The van der Waals surface area contributed by atoms with Gasteiger partial charge in [-0.15, -0.1) is 0 Å². The largest absolute Gasteiger partial charge is 0.274 e. The molecule has 0 bridgehead atoms. The fourth-order valence-corrected chi connectivity index (χ4v) is 2.32. The minimum absolute atomic E-state index is 0.100. The maximum absolute atomic E-state index is 13.3. The van der Waals surface area contributed by atoms with Crippen LogP contribution in [-0.4, -0.2) is 6.21 Å². The zero-order valence-electron chi connectivity index (χ0n) is 13.5. The second kappa shape index (κ2) is 8.37. The Morgan fingerprint density at radius 1 is 1.04 bits per heavy atom. The van der Waals surface area contributed by atoms with Crippen LogP contribution in [0.5, 0.6) is 0 Å². The van der Waals surface area contributed by atoms with E-state index in [1.54, 1.807) is 24.4 Å². The minimum Gasteiger partial charge on any atom is -0.256 e. The van der Waals surface area contributed by atoms with Crippen molar-refractivity contribution in [3.63, 3.8) is 0 Å². The monoisotopic (exact) mass is 313 g/mol. The molecule has 0 aliphatic rings. The molecule has 0 saturated heterocycles. The molecule has 0 atom stereocenters. The predicted octanol–water partition coefficient (Wildman–Crippen LogP) is 6.54. The number of unbranched alkanes of at least 4 members (excludes halogenated alkanes) is 1. The summed E-state index contributed by atoms with van der Waals surface area (Å²) in [5.41, 5.74) is 3.32. The van der Waals surface area contributed by atoms with Crippen LogP contribution < -0.4 is 0 Å². The van der Waals surface area contributed by atoms with Gasteiger partial charge in [0.15, 0.2) is 0 Å². The van der Waals surface area contributed by atoms with Crippen LogP contribution in [0.4, 0.5) is 14.5 Å². The highest BCUT2D eigenvalue weighted by Gasteiger charge is 2.12. The van der Waals surface area contributed by atoms with Crippen molar-refractivity contribution in [1.82, 2.24) is 0 Å². The number of para-hydroxylation sites is 1. The quantitative estimate of drug-likeness (QED) is 0.537. The first-order valence-electron chi connectivity index (χ1n) is 7.86. The van der Waals surface area contributed by atoms with E-state index < -0.39 is 6.08 Å². The molecule has 0 aliphatic heterocycles. The fraction of sp³-hybridized carbons (Fsp3) is 0.250. The Morgan fingerprint density at radius 3 is 2.39 bits per heavy atom. The van der Waals surface area contributed by atoms with Gasteiger partial charge in [0.05, 0.1) is 5.69 Å². The summed E-state index contributed by atoms with van der Waals surface area (Å²) in [6.07, 6.45) is 2.09. The molecule has 0 heterocycles. The van der Waals surface area contributed by atoms with Crippen molar-refractivity contribution in [3.8, 4) is 0 Å². The van der Waals surface area contributed by atoms with Gasteiger partial charge in [-0.3, -0.25) is 4.99 Å². The number of halogens is 2. The van der Waals surface area contributed by atoms with Crippen LogP contribution in [0.25, 0.3) is 5.57 Å². The highest BCUT2D eigenvalue weighted by atomic mass is 19.3. The Labute approximate surface area is 136 Å². The van der Waals surface area contributed by atoms with E-state index in [4.69, 9.17) is 0 Å². The number of benzene rings is 2. The molecule has 3 heteroatoms. The highest BCUT2D eigenvalue weighted by Crippen LogP contribution is 2.33. The number of aliphatic imine (C=N–C) groups is 1. The summed E-state index contributed by atoms with van der Waals surface area (Å²) in [7, 11) is 0. The number of aryl methyl sites for hydroxylation is 1. The van der Waals surface area contributed by atoms with E-state index in [1.165, 1.54) is 5.56 Å². The van der Waals surface area contributed by atoms with E-state index in [2.05, 4.69) is 4.99 Å². The predicted molar refractivity (Wildman–Crippen MR) is 93.5 cm³/mol. The minimum atomic E-state index is -1.61. The molecule has 0 fully saturated rings. The van der Waals surface area contributed by atoms with Gasteiger partial charge in [0.25, 0.3) is 6.08 Å². The van der Waals surface area contributed by atoms with Crippen molar-refractivity contribution in [1.29, 1.82) is 0 Å². The Morgan fingerprint density at radius 2 is 1.74 bits per heavy atom. The first kappa shape index (κ1) is 17.1. The Bertz CT molecular complexity index is 696. The van der Waals surface area contributed by atoms with Crippen LogP contribution in [-0.2, 0) is 0 Å². The third-order valence-electron chi connectivity index (χ3n) is 3.67. The van der Waals surface area contributed by atoms with Crippen LogP contribution >= 0.6 is 0 Å². The Balaban J connectivity index is 2.33. The maximum Gasteiger partial charge on any atom is 0.274 e. The van der Waals surface area contributed by atoms with E-state index in [1.807, 2.05) is 44.2 Å². The van der Waals surface area contributed by atoms with Crippen LogP contribution in [0.2, 0.25) is 0 Å². The first-order chi connectivity index (χ1) is 11.1. The summed E-state index contributed by atoms with van der Waals surface area (Å²) >= 11 is 0. The number of rotatable bonds is 6. The molecule has 0 unspecified atom stereocenters. The molecule has 0 amide bonds. The lowest BCUT2D eigenvalue weighted by Crippen LogP contribution is -1.89. The molecule has 0 saturated carbocycles. The van der Waals surface area contributed by atoms with Crippen molar-refractivity contribution < 1.29 is 8.78 Å². The summed E-state index contributed by atoms with van der Waals surface area (Å²) in [5.74, 6) is 0. The van der Waals surface area contributed by atoms with Gasteiger partial charge in [-0.25, -0.2) is 0 Å². The summed E-state index contributed by atoms with van der Waals surface area (Å²) in [6, 6.07) is 15.0. The molecular weight excluding hydrogens is 292 g/mol. The van der Waals surface area contributed by atoms with E-state index in [0.717, 1.165) is 18.4 Å². The summed E-state index contributed by atoms with van der Waals surface area (Å²) < 4.78 is 26.6. The van der Waals surface area contributed by atoms with Crippen molar-refractivity contribution in [2.24, 2.45) is 4.99 Å². The Kier molecular flexibility index (Phi) is 6.21. The fourth-order valence-electron chi connectivity index (χ4n) is 2.32. The van der Waals surface area contributed by atoms with Crippen LogP contribution in [0.1, 0.15) is 42.9 Å². The van der Waals surface area contributed by atoms with Gasteiger partial charge in [0, 0.05) is 17.4 Å². The van der Waals surface area contributed by atoms with Crippen molar-refractivity contribution in [2.75, 3.05) is 0 Å². The maximum atomic E-state index is 13.3. The molecule has 1 nitrogen and oxygen atoms in total. The summed E-state index contributed by atoms with van der Waals surface area (Å²) in [4.78, 5) is 4.42. The van der Waals surface area contributed by atoms with Gasteiger partial charge in [-0.2, -0.15) is 8.78 Å². The molecule has 2 aromatic rings. The molecule has 0 spiro atoms. The topological polar surface area (TPSA) is 12.4 Å². The molecule has 2 rings (SSSR count). The molecular formula is C20H21F2N. The molecule has 0 aliphatic carbocycles. The van der Waals surface area contributed by atoms with E-state index in [9.17, 15) is 8.78 Å². The average Bonchev–Trinajstić information content (AvgIpc) is 2.55. The van der Waals surface area contributed by atoms with E-state index in [0.29, 0.717) is 17.7 Å². The molecule has 23 heavy (non-hydrogen) atoms. The van der Waals surface area contributed by atoms with Crippen LogP contribution in [0.15, 0.2) is 59.6 Å². The van der Waals surface area contributed by atoms with Gasteiger partial charge < -0.3 is 0 Å². The number of nitrogens with zero attached hydrogens (tertiary/aromatic N) is 1. The second-order valence-corrected chi connectivity index (χ2v) is 5.53. The smallest absolute Gasteiger partial charge is 0.256 e. The van der Waals surface area contributed by atoms with Gasteiger partial charge in [-0.1, -0.05) is 61.4 Å². The Hall–Kier alpha value is -2.29. The van der Waals surface area contributed by atoms with Crippen LogP contribution in [0.3, 0.4) is 0 Å². The zero-order valence-corrected chi connectivity index (χ0v) is 13.5. The number of hydrogen-bond acceptors (Lipinski definition) is 1. The lowest BCUT2D eigenvalue weighted by molar-refractivity contribution is 0.422. The van der Waals surface area contributed by atoms with Gasteiger partial charge in [-0.05, 0) is 31.4 Å². The number of hydrogen-bond donors (Lipinski definition) is 0. The molecule has 2 aromatic carbocycles. The van der Waals surface area contributed by atoms with Crippen molar-refractivity contribution in [2.45, 2.75) is 33.1 Å². The highest BCUT2D eigenvalue weighted by molar-refractivity contribution is 5.85. The SMILES string of the molecule is CCCCC(=C(F)F)c1ccccc1N=Cc1ccc(C)cc1. The zero-order chi connectivity index (χ0) is 16.7. The van der Waals surface area contributed by atoms with E-state index in [-0.39, 0.29) is 5.57 Å². The molecule has 0 N–H and O–H groups in total. The van der Waals surface area contributed by atoms with Gasteiger partial charge in [0.1, 0.15) is 0 Å². The normalized spacial score (nSPS) is 11.0. The van der Waals surface area contributed by atoms with Crippen molar-refractivity contribution >= 4 is 17.5 Å².